The van der Waals surface area contributed by atoms with Crippen LogP contribution in [0.4, 0.5) is 0 Å². The SMILES string of the molecule is CC(C)(C)OCCN1C(=O)CS/C1=C\C(=O)C(C)(C)C. The van der Waals surface area contributed by atoms with Gasteiger partial charge in [0, 0.05) is 18.0 Å². The van der Waals surface area contributed by atoms with E-state index in [0.717, 1.165) is 5.03 Å². The van der Waals surface area contributed by atoms with Gasteiger partial charge < -0.3 is 9.64 Å². The lowest BCUT2D eigenvalue weighted by Gasteiger charge is -2.23. The quantitative estimate of drug-likeness (QED) is 0.749. The van der Waals surface area contributed by atoms with Crippen LogP contribution in [-0.4, -0.2) is 41.1 Å². The third-order valence-corrected chi connectivity index (χ3v) is 3.78. The summed E-state index contributed by atoms with van der Waals surface area (Å²) in [6, 6.07) is 0. The van der Waals surface area contributed by atoms with Crippen LogP contribution < -0.4 is 0 Å². The maximum Gasteiger partial charge on any atom is 0.237 e. The summed E-state index contributed by atoms with van der Waals surface area (Å²) in [7, 11) is 0. The van der Waals surface area contributed by atoms with E-state index in [0.29, 0.717) is 18.9 Å². The highest BCUT2D eigenvalue weighted by molar-refractivity contribution is 8.04. The molecule has 0 radical (unpaired) electrons. The van der Waals surface area contributed by atoms with Gasteiger partial charge in [0.25, 0.3) is 0 Å². The number of hydrogen-bond donors (Lipinski definition) is 0. The third-order valence-electron chi connectivity index (χ3n) is 2.75. The van der Waals surface area contributed by atoms with Crippen molar-refractivity contribution in [1.82, 2.24) is 4.90 Å². The molecule has 5 heteroatoms. The molecule has 0 N–H and O–H groups in total. The summed E-state index contributed by atoms with van der Waals surface area (Å²) in [5.41, 5.74) is -0.645. The van der Waals surface area contributed by atoms with Crippen molar-refractivity contribution in [2.45, 2.75) is 47.1 Å². The van der Waals surface area contributed by atoms with Crippen LogP contribution in [0.1, 0.15) is 41.5 Å². The fraction of sp³-hybridized carbons (Fsp3) is 0.733. The van der Waals surface area contributed by atoms with Crippen LogP contribution in [-0.2, 0) is 14.3 Å². The molecule has 1 aliphatic rings. The molecule has 0 atom stereocenters. The highest BCUT2D eigenvalue weighted by Gasteiger charge is 2.29. The summed E-state index contributed by atoms with van der Waals surface area (Å²) in [4.78, 5) is 25.6. The molecule has 0 aromatic carbocycles. The summed E-state index contributed by atoms with van der Waals surface area (Å²) >= 11 is 1.42. The maximum atomic E-state index is 12.0. The van der Waals surface area contributed by atoms with Gasteiger partial charge in [-0.05, 0) is 20.8 Å². The Balaban J connectivity index is 2.69. The van der Waals surface area contributed by atoms with Crippen LogP contribution >= 0.6 is 11.8 Å². The van der Waals surface area contributed by atoms with Gasteiger partial charge in [0.15, 0.2) is 5.78 Å². The number of ketones is 1. The summed E-state index contributed by atoms with van der Waals surface area (Å²) < 4.78 is 5.64. The molecule has 1 fully saturated rings. The van der Waals surface area contributed by atoms with Gasteiger partial charge in [-0.2, -0.15) is 0 Å². The van der Waals surface area contributed by atoms with Gasteiger partial charge in [0.05, 0.1) is 23.0 Å². The Morgan fingerprint density at radius 3 is 2.40 bits per heavy atom. The second kappa shape index (κ2) is 6.31. The first kappa shape index (κ1) is 17.2. The molecule has 4 nitrogen and oxygen atoms in total. The van der Waals surface area contributed by atoms with E-state index >= 15 is 0 Å². The normalized spacial score (nSPS) is 19.0. The molecule has 0 aromatic rings. The van der Waals surface area contributed by atoms with Crippen molar-refractivity contribution in [2.75, 3.05) is 18.9 Å². The predicted octanol–water partition coefficient (Wildman–Crippen LogP) is 2.83. The van der Waals surface area contributed by atoms with Crippen LogP contribution in [0.2, 0.25) is 0 Å². The first-order valence-electron chi connectivity index (χ1n) is 6.84. The molecule has 1 amide bonds. The molecular weight excluding hydrogens is 274 g/mol. The standard InChI is InChI=1S/C15H25NO3S/c1-14(2,3)11(17)9-13-16(12(18)10-20-13)7-8-19-15(4,5)6/h9H,7-8,10H2,1-6H3/b13-9-. The van der Waals surface area contributed by atoms with Gasteiger partial charge >= 0.3 is 0 Å². The molecule has 0 bridgehead atoms. The minimum atomic E-state index is -0.424. The first-order valence-corrected chi connectivity index (χ1v) is 7.82. The van der Waals surface area contributed by atoms with Crippen molar-refractivity contribution in [3.8, 4) is 0 Å². The number of amides is 1. The van der Waals surface area contributed by atoms with E-state index < -0.39 is 5.41 Å². The number of carbonyl (C=O) groups is 2. The lowest BCUT2D eigenvalue weighted by molar-refractivity contribution is -0.126. The minimum absolute atomic E-state index is 0.0384. The summed E-state index contributed by atoms with van der Waals surface area (Å²) in [6.07, 6.45) is 1.59. The van der Waals surface area contributed by atoms with E-state index in [4.69, 9.17) is 4.74 Å². The molecule has 0 aromatic heterocycles. The molecule has 0 unspecified atom stereocenters. The van der Waals surface area contributed by atoms with E-state index in [-0.39, 0.29) is 17.3 Å². The van der Waals surface area contributed by atoms with Crippen molar-refractivity contribution in [3.05, 3.63) is 11.1 Å². The second-order valence-electron chi connectivity index (χ2n) is 6.89. The number of rotatable bonds is 4. The van der Waals surface area contributed by atoms with Gasteiger partial charge in [0.1, 0.15) is 0 Å². The average Bonchev–Trinajstić information content (AvgIpc) is 2.58. The Bertz CT molecular complexity index is 416. The number of carbonyl (C=O) groups excluding carboxylic acids is 2. The number of allylic oxidation sites excluding steroid dienone is 1. The summed E-state index contributed by atoms with van der Waals surface area (Å²) in [6.45, 7) is 12.5. The Hall–Kier alpha value is -0.810. The largest absolute Gasteiger partial charge is 0.374 e. The third kappa shape index (κ3) is 5.29. The minimum Gasteiger partial charge on any atom is -0.374 e. The van der Waals surface area contributed by atoms with Gasteiger partial charge in [-0.1, -0.05) is 32.5 Å². The van der Waals surface area contributed by atoms with Gasteiger partial charge in [-0.3, -0.25) is 9.59 Å². The Morgan fingerprint density at radius 2 is 1.90 bits per heavy atom. The lowest BCUT2D eigenvalue weighted by atomic mass is 9.91. The highest BCUT2D eigenvalue weighted by Crippen LogP contribution is 2.30. The maximum absolute atomic E-state index is 12.0. The fourth-order valence-electron chi connectivity index (χ4n) is 1.54. The fourth-order valence-corrected chi connectivity index (χ4v) is 2.51. The zero-order valence-electron chi connectivity index (χ0n) is 13.3. The van der Waals surface area contributed by atoms with Crippen molar-refractivity contribution in [2.24, 2.45) is 5.41 Å². The average molecular weight is 299 g/mol. The van der Waals surface area contributed by atoms with E-state index in [1.165, 1.54) is 11.8 Å². The van der Waals surface area contributed by atoms with Crippen LogP contribution in [0.25, 0.3) is 0 Å². The van der Waals surface area contributed by atoms with E-state index in [1.54, 1.807) is 11.0 Å². The van der Waals surface area contributed by atoms with Gasteiger partial charge in [-0.15, -0.1) is 0 Å². The zero-order valence-corrected chi connectivity index (χ0v) is 14.1. The summed E-state index contributed by atoms with van der Waals surface area (Å²) in [5, 5.41) is 0.743. The highest BCUT2D eigenvalue weighted by atomic mass is 32.2. The smallest absolute Gasteiger partial charge is 0.237 e. The zero-order chi connectivity index (χ0) is 15.6. The molecule has 0 spiro atoms. The van der Waals surface area contributed by atoms with Gasteiger partial charge in [-0.25, -0.2) is 0 Å². The number of thioether (sulfide) groups is 1. The molecule has 1 aliphatic heterocycles. The van der Waals surface area contributed by atoms with E-state index in [1.807, 2.05) is 41.5 Å². The molecule has 0 aliphatic carbocycles. The molecular formula is C15H25NO3S. The van der Waals surface area contributed by atoms with Crippen molar-refractivity contribution in [3.63, 3.8) is 0 Å². The molecule has 20 heavy (non-hydrogen) atoms. The molecule has 1 heterocycles. The predicted molar refractivity (Wildman–Crippen MR) is 82.4 cm³/mol. The number of nitrogens with zero attached hydrogens (tertiary/aromatic N) is 1. The molecule has 1 rings (SSSR count). The van der Waals surface area contributed by atoms with Gasteiger partial charge in [0.2, 0.25) is 5.91 Å². The van der Waals surface area contributed by atoms with Crippen molar-refractivity contribution >= 4 is 23.5 Å². The van der Waals surface area contributed by atoms with E-state index in [9.17, 15) is 9.59 Å². The van der Waals surface area contributed by atoms with Crippen molar-refractivity contribution < 1.29 is 14.3 Å². The molecule has 0 saturated carbocycles. The Kier molecular flexibility index (Phi) is 5.44. The van der Waals surface area contributed by atoms with Crippen LogP contribution in [0.5, 0.6) is 0 Å². The topological polar surface area (TPSA) is 46.6 Å². The lowest BCUT2D eigenvalue weighted by Crippen LogP contribution is -2.32. The van der Waals surface area contributed by atoms with Crippen molar-refractivity contribution in [1.29, 1.82) is 0 Å². The molecule has 114 valence electrons. The Morgan fingerprint density at radius 1 is 1.30 bits per heavy atom. The first-order chi connectivity index (χ1) is 9.00. The van der Waals surface area contributed by atoms with Crippen LogP contribution in [0.3, 0.4) is 0 Å². The Labute approximate surface area is 125 Å². The summed E-state index contributed by atoms with van der Waals surface area (Å²) in [5.74, 6) is 0.482. The number of ether oxygens (including phenoxy) is 1. The number of hydrogen-bond acceptors (Lipinski definition) is 4. The second-order valence-corrected chi connectivity index (χ2v) is 7.89. The van der Waals surface area contributed by atoms with E-state index in [2.05, 4.69) is 0 Å². The molecule has 1 saturated heterocycles. The van der Waals surface area contributed by atoms with Crippen LogP contribution in [0, 0.1) is 5.41 Å². The monoisotopic (exact) mass is 299 g/mol. The van der Waals surface area contributed by atoms with Crippen LogP contribution in [0.15, 0.2) is 11.1 Å².